The van der Waals surface area contributed by atoms with Crippen LogP contribution in [0.3, 0.4) is 0 Å². The first-order valence-corrected chi connectivity index (χ1v) is 2.86. The van der Waals surface area contributed by atoms with Crippen molar-refractivity contribution in [3.8, 4) is 0 Å². The molecule has 0 saturated carbocycles. The number of aliphatic hydroxyl groups is 1. The number of alkyl halides is 2. The highest BCUT2D eigenvalue weighted by atomic mass is 35.5. The molecule has 62 valence electrons. The van der Waals surface area contributed by atoms with E-state index in [2.05, 4.69) is 5.32 Å². The lowest BCUT2D eigenvalue weighted by Gasteiger charge is -2.04. The van der Waals surface area contributed by atoms with E-state index in [0.717, 1.165) is 0 Å². The number of nitrogens with one attached hydrogen (secondary N) is 1. The topological polar surface area (TPSA) is 32.3 Å². The summed E-state index contributed by atoms with van der Waals surface area (Å²) < 4.78 is 24.4. The molecule has 0 spiro atoms. The van der Waals surface area contributed by atoms with Crippen LogP contribution >= 0.6 is 12.4 Å². The zero-order chi connectivity index (χ0) is 6.91. The van der Waals surface area contributed by atoms with Gasteiger partial charge in [0.15, 0.2) is 0 Å². The van der Waals surface area contributed by atoms with E-state index in [1.807, 2.05) is 0 Å². The second-order valence-corrected chi connectivity index (χ2v) is 2.32. The Kier molecular flexibility index (Phi) is 3.48. The molecule has 1 aliphatic heterocycles. The fraction of sp³-hybridized carbons (Fsp3) is 1.00. The first-order valence-electron chi connectivity index (χ1n) is 2.86. The molecule has 1 rings (SSSR count). The molecule has 0 aliphatic carbocycles. The molecule has 5 heteroatoms. The predicted octanol–water partition coefficient (Wildman–Crippen LogP) is 0.398. The summed E-state index contributed by atoms with van der Waals surface area (Å²) in [5.41, 5.74) is 0. The van der Waals surface area contributed by atoms with Crippen molar-refractivity contribution >= 4 is 12.4 Å². The third-order valence-electron chi connectivity index (χ3n) is 1.41. The van der Waals surface area contributed by atoms with Crippen LogP contribution in [0.25, 0.3) is 0 Å². The highest BCUT2D eigenvalue weighted by Gasteiger charge is 2.38. The zero-order valence-electron chi connectivity index (χ0n) is 5.31. The average molecular weight is 174 g/mol. The summed E-state index contributed by atoms with van der Waals surface area (Å²) in [5, 5.41) is 10.9. The fourth-order valence-corrected chi connectivity index (χ4v) is 0.928. The summed E-state index contributed by atoms with van der Waals surface area (Å²) in [6.45, 7) is -0.492. The molecular weight excluding hydrogens is 164 g/mol. The highest BCUT2D eigenvalue weighted by Crippen LogP contribution is 2.24. The van der Waals surface area contributed by atoms with Crippen molar-refractivity contribution in [1.29, 1.82) is 0 Å². The van der Waals surface area contributed by atoms with Crippen LogP contribution in [0.15, 0.2) is 0 Å². The second kappa shape index (κ2) is 3.46. The van der Waals surface area contributed by atoms with Crippen LogP contribution in [0.2, 0.25) is 0 Å². The Balaban J connectivity index is 0.000000810. The van der Waals surface area contributed by atoms with Gasteiger partial charge in [-0.25, -0.2) is 8.78 Å². The van der Waals surface area contributed by atoms with Crippen molar-refractivity contribution in [2.45, 2.75) is 18.4 Å². The summed E-state index contributed by atoms with van der Waals surface area (Å²) in [7, 11) is 0. The van der Waals surface area contributed by atoms with Crippen molar-refractivity contribution in [1.82, 2.24) is 5.32 Å². The minimum atomic E-state index is -2.60. The lowest BCUT2D eigenvalue weighted by Crippen LogP contribution is -2.25. The fourth-order valence-electron chi connectivity index (χ4n) is 0.928. The molecule has 0 amide bonds. The van der Waals surface area contributed by atoms with E-state index in [1.54, 1.807) is 0 Å². The van der Waals surface area contributed by atoms with Crippen molar-refractivity contribution in [2.75, 3.05) is 13.2 Å². The molecule has 1 fully saturated rings. The number of hydrogen-bond acceptors (Lipinski definition) is 2. The lowest BCUT2D eigenvalue weighted by atomic mass is 10.2. The van der Waals surface area contributed by atoms with Crippen LogP contribution in [0, 0.1) is 0 Å². The smallest absolute Gasteiger partial charge is 0.261 e. The number of rotatable bonds is 1. The Morgan fingerprint density at radius 3 is 2.40 bits per heavy atom. The van der Waals surface area contributed by atoms with E-state index in [-0.39, 0.29) is 32.0 Å². The van der Waals surface area contributed by atoms with Gasteiger partial charge in [0.25, 0.3) is 5.92 Å². The summed E-state index contributed by atoms with van der Waals surface area (Å²) in [5.74, 6) is -2.60. The van der Waals surface area contributed by atoms with E-state index in [4.69, 9.17) is 5.11 Å². The zero-order valence-corrected chi connectivity index (χ0v) is 6.13. The maximum atomic E-state index is 12.2. The third kappa shape index (κ3) is 2.36. The molecule has 0 radical (unpaired) electrons. The standard InChI is InChI=1S/C5H9F2NO.ClH/c6-5(7)1-4(2-9)8-3-5;/h4,8-9H,1-3H2;1H. The van der Waals surface area contributed by atoms with Crippen LogP contribution in [-0.2, 0) is 0 Å². The quantitative estimate of drug-likeness (QED) is 0.602. The van der Waals surface area contributed by atoms with Gasteiger partial charge in [0.2, 0.25) is 0 Å². The Hall–Kier alpha value is 0.0700. The first kappa shape index (κ1) is 10.1. The van der Waals surface area contributed by atoms with Crippen LogP contribution < -0.4 is 5.32 Å². The summed E-state index contributed by atoms with van der Waals surface area (Å²) in [6, 6.07) is -0.403. The molecule has 2 N–H and O–H groups in total. The molecule has 10 heavy (non-hydrogen) atoms. The van der Waals surface area contributed by atoms with Gasteiger partial charge in [-0.15, -0.1) is 12.4 Å². The second-order valence-electron chi connectivity index (χ2n) is 2.32. The van der Waals surface area contributed by atoms with Crippen LogP contribution in [-0.4, -0.2) is 30.2 Å². The van der Waals surface area contributed by atoms with E-state index >= 15 is 0 Å². The van der Waals surface area contributed by atoms with Crippen LogP contribution in [0.5, 0.6) is 0 Å². The van der Waals surface area contributed by atoms with Crippen LogP contribution in [0.4, 0.5) is 8.78 Å². The van der Waals surface area contributed by atoms with E-state index in [0.29, 0.717) is 0 Å². The normalized spacial score (nSPS) is 29.7. The monoisotopic (exact) mass is 173 g/mol. The number of hydrogen-bond donors (Lipinski definition) is 2. The minimum absolute atomic E-state index is 0. The predicted molar refractivity (Wildman–Crippen MR) is 35.7 cm³/mol. The van der Waals surface area contributed by atoms with E-state index < -0.39 is 12.0 Å². The third-order valence-corrected chi connectivity index (χ3v) is 1.41. The van der Waals surface area contributed by atoms with E-state index in [1.165, 1.54) is 0 Å². The molecule has 0 aromatic heterocycles. The lowest BCUT2D eigenvalue weighted by molar-refractivity contribution is 0.0192. The maximum absolute atomic E-state index is 12.2. The molecule has 0 aromatic rings. The largest absolute Gasteiger partial charge is 0.395 e. The molecule has 0 bridgehead atoms. The van der Waals surface area contributed by atoms with Gasteiger partial charge in [0, 0.05) is 12.5 Å². The van der Waals surface area contributed by atoms with E-state index in [9.17, 15) is 8.78 Å². The summed E-state index contributed by atoms with van der Waals surface area (Å²) in [6.07, 6.45) is -0.233. The van der Waals surface area contributed by atoms with Gasteiger partial charge in [-0.3, -0.25) is 0 Å². The molecule has 1 unspecified atom stereocenters. The molecule has 1 aliphatic rings. The molecule has 1 heterocycles. The average Bonchev–Trinajstić information content (AvgIpc) is 2.10. The van der Waals surface area contributed by atoms with Gasteiger partial charge in [0.1, 0.15) is 0 Å². The molecule has 1 atom stereocenters. The Morgan fingerprint density at radius 2 is 2.20 bits per heavy atom. The van der Waals surface area contributed by atoms with Crippen molar-refractivity contribution in [2.24, 2.45) is 0 Å². The van der Waals surface area contributed by atoms with Gasteiger partial charge in [-0.1, -0.05) is 0 Å². The summed E-state index contributed by atoms with van der Waals surface area (Å²) >= 11 is 0. The first-order chi connectivity index (χ1) is 4.14. The molecule has 0 aromatic carbocycles. The summed E-state index contributed by atoms with van der Waals surface area (Å²) in [4.78, 5) is 0. The number of aliphatic hydroxyl groups excluding tert-OH is 1. The van der Waals surface area contributed by atoms with Gasteiger partial charge >= 0.3 is 0 Å². The van der Waals surface area contributed by atoms with Crippen molar-refractivity contribution < 1.29 is 13.9 Å². The molecule has 2 nitrogen and oxygen atoms in total. The van der Waals surface area contributed by atoms with Crippen molar-refractivity contribution in [3.05, 3.63) is 0 Å². The molecular formula is C5H10ClF2NO. The van der Waals surface area contributed by atoms with Gasteiger partial charge in [0.05, 0.1) is 13.2 Å². The van der Waals surface area contributed by atoms with Gasteiger partial charge < -0.3 is 10.4 Å². The molecule has 1 saturated heterocycles. The Morgan fingerprint density at radius 1 is 1.60 bits per heavy atom. The van der Waals surface area contributed by atoms with Crippen LogP contribution in [0.1, 0.15) is 6.42 Å². The maximum Gasteiger partial charge on any atom is 0.261 e. The van der Waals surface area contributed by atoms with Crippen molar-refractivity contribution in [3.63, 3.8) is 0 Å². The minimum Gasteiger partial charge on any atom is -0.395 e. The number of halogens is 3. The Bertz CT molecular complexity index is 112. The van der Waals surface area contributed by atoms with Gasteiger partial charge in [-0.2, -0.15) is 0 Å². The SMILES string of the molecule is Cl.OCC1CC(F)(F)CN1. The Labute approximate surface area is 64.0 Å². The highest BCUT2D eigenvalue weighted by molar-refractivity contribution is 5.85. The van der Waals surface area contributed by atoms with Gasteiger partial charge in [-0.05, 0) is 0 Å².